The van der Waals surface area contributed by atoms with Crippen molar-refractivity contribution in [2.75, 3.05) is 5.32 Å². The summed E-state index contributed by atoms with van der Waals surface area (Å²) in [5.74, 6) is -1.47. The maximum Gasteiger partial charge on any atom is 0.348 e. The van der Waals surface area contributed by atoms with Gasteiger partial charge in [-0.15, -0.1) is 11.3 Å². The molecule has 0 bridgehead atoms. The van der Waals surface area contributed by atoms with Gasteiger partial charge in [0.1, 0.15) is 4.88 Å². The minimum absolute atomic E-state index is 0.114. The minimum atomic E-state index is -1.06. The molecule has 0 aliphatic carbocycles. The fourth-order valence-electron chi connectivity index (χ4n) is 1.37. The van der Waals surface area contributed by atoms with Gasteiger partial charge in [0.15, 0.2) is 0 Å². The molecule has 7 heteroatoms. The summed E-state index contributed by atoms with van der Waals surface area (Å²) in [6.45, 7) is 1.74. The molecule has 0 aliphatic rings. The van der Waals surface area contributed by atoms with Gasteiger partial charge in [-0.1, -0.05) is 0 Å². The maximum absolute atomic E-state index is 11.9. The molecule has 0 atom stereocenters. The fraction of sp³-hybridized carbons (Fsp3) is 0.0909. The predicted octanol–water partition coefficient (Wildman–Crippen LogP) is 1.80. The molecule has 6 nitrogen and oxygen atoms in total. The van der Waals surface area contributed by atoms with E-state index < -0.39 is 11.9 Å². The molecule has 18 heavy (non-hydrogen) atoms. The van der Waals surface area contributed by atoms with Crippen molar-refractivity contribution in [1.82, 2.24) is 10.2 Å². The van der Waals surface area contributed by atoms with Crippen LogP contribution >= 0.6 is 11.3 Å². The summed E-state index contributed by atoms with van der Waals surface area (Å²) in [4.78, 5) is 23.0. The molecular weight excluding hydrogens is 254 g/mol. The first-order valence-electron chi connectivity index (χ1n) is 4.99. The fourth-order valence-corrected chi connectivity index (χ4v) is 2.21. The molecule has 0 unspecified atom stereocenters. The van der Waals surface area contributed by atoms with Gasteiger partial charge >= 0.3 is 5.97 Å². The molecule has 0 aliphatic heterocycles. The Bertz CT molecular complexity index is 595. The van der Waals surface area contributed by atoms with Crippen LogP contribution in [0.25, 0.3) is 0 Å². The second-order valence-electron chi connectivity index (χ2n) is 3.51. The van der Waals surface area contributed by atoms with Crippen LogP contribution in [0.15, 0.2) is 23.8 Å². The summed E-state index contributed by atoms with van der Waals surface area (Å²) in [5.41, 5.74) is 1.37. The number of anilines is 1. The summed E-state index contributed by atoms with van der Waals surface area (Å²) in [5, 5.41) is 20.4. The molecule has 0 saturated heterocycles. The summed E-state index contributed by atoms with van der Waals surface area (Å²) in [6.07, 6.45) is 2.71. The number of carbonyl (C=O) groups excluding carboxylic acids is 1. The van der Waals surface area contributed by atoms with Crippen LogP contribution in [0.3, 0.4) is 0 Å². The first-order valence-corrected chi connectivity index (χ1v) is 5.87. The monoisotopic (exact) mass is 263 g/mol. The Morgan fingerprint density at radius 2 is 2.17 bits per heavy atom. The highest BCUT2D eigenvalue weighted by molar-refractivity contribution is 7.12. The largest absolute Gasteiger partial charge is 0.477 e. The zero-order chi connectivity index (χ0) is 13.1. The number of aromatic nitrogens is 2. The van der Waals surface area contributed by atoms with Gasteiger partial charge in [-0.25, -0.2) is 4.79 Å². The number of thiophene rings is 1. The Morgan fingerprint density at radius 3 is 2.78 bits per heavy atom. The Hall–Kier alpha value is -2.28. The molecular formula is C11H9N3O3S. The predicted molar refractivity (Wildman–Crippen MR) is 66.0 cm³/mol. The minimum Gasteiger partial charge on any atom is -0.477 e. The summed E-state index contributed by atoms with van der Waals surface area (Å²) in [6, 6.07) is 1.50. The molecule has 2 aromatic heterocycles. The van der Waals surface area contributed by atoms with Gasteiger partial charge in [0, 0.05) is 0 Å². The van der Waals surface area contributed by atoms with E-state index in [1.165, 1.54) is 18.5 Å². The molecule has 2 aromatic rings. The molecule has 0 spiro atoms. The third-order valence-electron chi connectivity index (χ3n) is 2.25. The molecule has 92 valence electrons. The summed E-state index contributed by atoms with van der Waals surface area (Å²) in [7, 11) is 0. The van der Waals surface area contributed by atoms with E-state index in [2.05, 4.69) is 15.5 Å². The van der Waals surface area contributed by atoms with Crippen molar-refractivity contribution in [3.05, 3.63) is 39.8 Å². The first kappa shape index (κ1) is 12.2. The number of hydrogen-bond acceptors (Lipinski definition) is 5. The van der Waals surface area contributed by atoms with Crippen LogP contribution < -0.4 is 5.32 Å². The van der Waals surface area contributed by atoms with Gasteiger partial charge in [-0.05, 0) is 23.9 Å². The number of amides is 1. The highest BCUT2D eigenvalue weighted by atomic mass is 32.1. The first-order chi connectivity index (χ1) is 8.59. The molecule has 2 rings (SSSR count). The number of carbonyl (C=O) groups is 2. The van der Waals surface area contributed by atoms with Gasteiger partial charge in [-0.2, -0.15) is 10.2 Å². The third kappa shape index (κ3) is 2.35. The lowest BCUT2D eigenvalue weighted by atomic mass is 10.2. The molecule has 0 fully saturated rings. The quantitative estimate of drug-likeness (QED) is 0.880. The maximum atomic E-state index is 11.9. The summed E-state index contributed by atoms with van der Waals surface area (Å²) < 4.78 is 0. The number of carboxylic acid groups (broad SMARTS) is 1. The lowest BCUT2D eigenvalue weighted by Gasteiger charge is -2.05. The number of aryl methyl sites for hydroxylation is 1. The van der Waals surface area contributed by atoms with Crippen LogP contribution in [-0.4, -0.2) is 27.2 Å². The molecule has 0 saturated carbocycles. The third-order valence-corrected chi connectivity index (χ3v) is 3.34. The normalized spacial score (nSPS) is 10.1. The SMILES string of the molecule is Cc1csc(C(=O)O)c1NC(=O)c1ccnnc1. The molecule has 0 aromatic carbocycles. The molecule has 0 radical (unpaired) electrons. The van der Waals surface area contributed by atoms with Crippen LogP contribution in [0.5, 0.6) is 0 Å². The van der Waals surface area contributed by atoms with Crippen molar-refractivity contribution in [3.8, 4) is 0 Å². The van der Waals surface area contributed by atoms with Crippen molar-refractivity contribution < 1.29 is 14.7 Å². The van der Waals surface area contributed by atoms with E-state index in [0.717, 1.165) is 11.3 Å². The van der Waals surface area contributed by atoms with Crippen molar-refractivity contribution >= 4 is 28.9 Å². The molecule has 2 heterocycles. The zero-order valence-electron chi connectivity index (χ0n) is 9.38. The number of rotatable bonds is 3. The van der Waals surface area contributed by atoms with Crippen LogP contribution in [0.1, 0.15) is 25.6 Å². The van der Waals surface area contributed by atoms with E-state index in [-0.39, 0.29) is 4.88 Å². The lowest BCUT2D eigenvalue weighted by Crippen LogP contribution is -2.14. The van der Waals surface area contributed by atoms with Gasteiger partial charge < -0.3 is 10.4 Å². The highest BCUT2D eigenvalue weighted by Crippen LogP contribution is 2.27. The zero-order valence-corrected chi connectivity index (χ0v) is 10.2. The van der Waals surface area contributed by atoms with E-state index in [9.17, 15) is 9.59 Å². The van der Waals surface area contributed by atoms with Gasteiger partial charge in [0.2, 0.25) is 0 Å². The lowest BCUT2D eigenvalue weighted by molar-refractivity contribution is 0.0703. The molecule has 1 amide bonds. The number of hydrogen-bond donors (Lipinski definition) is 2. The van der Waals surface area contributed by atoms with E-state index in [1.54, 1.807) is 12.3 Å². The number of nitrogens with zero attached hydrogens (tertiary/aromatic N) is 2. The van der Waals surface area contributed by atoms with Crippen LogP contribution in [-0.2, 0) is 0 Å². The number of carboxylic acids is 1. The highest BCUT2D eigenvalue weighted by Gasteiger charge is 2.17. The average molecular weight is 263 g/mol. The standard InChI is InChI=1S/C11H9N3O3S/c1-6-5-18-9(11(16)17)8(6)14-10(15)7-2-3-12-13-4-7/h2-5H,1H3,(H,14,15)(H,16,17). The topological polar surface area (TPSA) is 92.2 Å². The Labute approximate surface area is 106 Å². The second kappa shape index (κ2) is 4.92. The van der Waals surface area contributed by atoms with Crippen LogP contribution in [0.2, 0.25) is 0 Å². The number of nitrogens with one attached hydrogen (secondary N) is 1. The number of aromatic carboxylic acids is 1. The molecule has 2 N–H and O–H groups in total. The van der Waals surface area contributed by atoms with Crippen molar-refractivity contribution in [3.63, 3.8) is 0 Å². The van der Waals surface area contributed by atoms with E-state index in [1.807, 2.05) is 0 Å². The average Bonchev–Trinajstić information content (AvgIpc) is 2.72. The Kier molecular flexibility index (Phi) is 3.33. The summed E-state index contributed by atoms with van der Waals surface area (Å²) >= 11 is 1.08. The smallest absolute Gasteiger partial charge is 0.348 e. The van der Waals surface area contributed by atoms with Crippen LogP contribution in [0, 0.1) is 6.92 Å². The van der Waals surface area contributed by atoms with Crippen molar-refractivity contribution in [1.29, 1.82) is 0 Å². The van der Waals surface area contributed by atoms with Crippen molar-refractivity contribution in [2.24, 2.45) is 0 Å². The van der Waals surface area contributed by atoms with Gasteiger partial charge in [0.25, 0.3) is 5.91 Å². The Balaban J connectivity index is 2.27. The van der Waals surface area contributed by atoms with E-state index in [0.29, 0.717) is 16.8 Å². The van der Waals surface area contributed by atoms with E-state index >= 15 is 0 Å². The Morgan fingerprint density at radius 1 is 1.39 bits per heavy atom. The van der Waals surface area contributed by atoms with Gasteiger partial charge in [0.05, 0.1) is 23.6 Å². The second-order valence-corrected chi connectivity index (χ2v) is 4.39. The van der Waals surface area contributed by atoms with Crippen molar-refractivity contribution in [2.45, 2.75) is 6.92 Å². The van der Waals surface area contributed by atoms with E-state index in [4.69, 9.17) is 5.11 Å². The van der Waals surface area contributed by atoms with Crippen LogP contribution in [0.4, 0.5) is 5.69 Å². The van der Waals surface area contributed by atoms with Gasteiger partial charge in [-0.3, -0.25) is 4.79 Å².